The van der Waals surface area contributed by atoms with Crippen LogP contribution >= 0.6 is 22.7 Å². The van der Waals surface area contributed by atoms with E-state index in [1.165, 1.54) is 23.6 Å². The van der Waals surface area contributed by atoms with Gasteiger partial charge in [-0.2, -0.15) is 4.39 Å². The summed E-state index contributed by atoms with van der Waals surface area (Å²) in [5, 5.41) is 18.5. The lowest BCUT2D eigenvalue weighted by Crippen LogP contribution is -1.89. The van der Waals surface area contributed by atoms with Crippen molar-refractivity contribution in [3.8, 4) is 17.0 Å². The van der Waals surface area contributed by atoms with Crippen molar-refractivity contribution < 1.29 is 13.9 Å². The van der Waals surface area contributed by atoms with Gasteiger partial charge < -0.3 is 9.52 Å². The molecular formula is C19H12FN5O3S2. The fourth-order valence-corrected chi connectivity index (χ4v) is 4.66. The van der Waals surface area contributed by atoms with Crippen LogP contribution in [0.5, 0.6) is 5.88 Å². The van der Waals surface area contributed by atoms with Gasteiger partial charge in [-0.3, -0.25) is 9.78 Å². The normalized spacial score (nSPS) is 11.4. The second-order valence-corrected chi connectivity index (χ2v) is 8.57. The van der Waals surface area contributed by atoms with Gasteiger partial charge in [-0.15, -0.1) is 21.5 Å². The molecule has 30 heavy (non-hydrogen) atoms. The number of thiazole rings is 2. The summed E-state index contributed by atoms with van der Waals surface area (Å²) in [4.78, 5) is 22.0. The van der Waals surface area contributed by atoms with E-state index in [0.29, 0.717) is 23.1 Å². The van der Waals surface area contributed by atoms with Crippen molar-refractivity contribution in [2.45, 2.75) is 12.8 Å². The van der Waals surface area contributed by atoms with E-state index in [1.807, 2.05) is 18.2 Å². The molecule has 0 spiro atoms. The van der Waals surface area contributed by atoms with Crippen LogP contribution in [0.2, 0.25) is 0 Å². The van der Waals surface area contributed by atoms with Gasteiger partial charge in [0, 0.05) is 11.8 Å². The topological polar surface area (TPSA) is 118 Å². The van der Waals surface area contributed by atoms with Crippen molar-refractivity contribution >= 4 is 32.9 Å². The van der Waals surface area contributed by atoms with Crippen molar-refractivity contribution in [2.24, 2.45) is 0 Å². The highest BCUT2D eigenvalue weighted by Crippen LogP contribution is 2.29. The van der Waals surface area contributed by atoms with E-state index in [1.54, 1.807) is 6.07 Å². The summed E-state index contributed by atoms with van der Waals surface area (Å²) in [6.07, 6.45) is 2.05. The van der Waals surface area contributed by atoms with E-state index in [9.17, 15) is 14.3 Å². The molecule has 4 heterocycles. The number of nitrogens with zero attached hydrogens (tertiary/aromatic N) is 4. The van der Waals surface area contributed by atoms with Gasteiger partial charge in [0.2, 0.25) is 23.6 Å². The number of aromatic amines is 1. The summed E-state index contributed by atoms with van der Waals surface area (Å²) in [6, 6.07) is 8.83. The summed E-state index contributed by atoms with van der Waals surface area (Å²) in [7, 11) is 0. The summed E-state index contributed by atoms with van der Waals surface area (Å²) in [5.41, 5.74) is 2.59. The fraction of sp³-hybridized carbons (Fsp3) is 0.105. The predicted octanol–water partition coefficient (Wildman–Crippen LogP) is 3.52. The number of pyridine rings is 1. The van der Waals surface area contributed by atoms with Crippen LogP contribution in [-0.4, -0.2) is 30.3 Å². The summed E-state index contributed by atoms with van der Waals surface area (Å²) in [5.74, 6) is 0.0138. The Bertz CT molecular complexity index is 1400. The molecule has 0 radical (unpaired) electrons. The number of aromatic nitrogens is 5. The summed E-state index contributed by atoms with van der Waals surface area (Å²) < 4.78 is 19.7. The third-order valence-corrected chi connectivity index (χ3v) is 6.21. The molecule has 0 aliphatic carbocycles. The zero-order valence-corrected chi connectivity index (χ0v) is 16.8. The molecule has 0 saturated carbocycles. The first-order chi connectivity index (χ1) is 14.5. The van der Waals surface area contributed by atoms with Crippen molar-refractivity contribution in [1.29, 1.82) is 0 Å². The van der Waals surface area contributed by atoms with E-state index in [0.717, 1.165) is 37.7 Å². The quantitative estimate of drug-likeness (QED) is 0.401. The highest BCUT2D eigenvalue weighted by molar-refractivity contribution is 7.18. The minimum absolute atomic E-state index is 0.178. The molecule has 150 valence electrons. The lowest BCUT2D eigenvalue weighted by molar-refractivity contribution is 0.440. The van der Waals surface area contributed by atoms with Crippen LogP contribution in [0.4, 0.5) is 4.39 Å². The molecule has 5 aromatic rings. The van der Waals surface area contributed by atoms with E-state index in [4.69, 9.17) is 4.42 Å². The Morgan fingerprint density at radius 2 is 1.87 bits per heavy atom. The van der Waals surface area contributed by atoms with Crippen LogP contribution in [0.1, 0.15) is 21.7 Å². The number of rotatable bonds is 5. The van der Waals surface area contributed by atoms with Crippen molar-refractivity contribution in [1.82, 2.24) is 25.1 Å². The van der Waals surface area contributed by atoms with Crippen LogP contribution in [0.3, 0.4) is 0 Å². The first kappa shape index (κ1) is 18.6. The lowest BCUT2D eigenvalue weighted by Gasteiger charge is -2.00. The highest BCUT2D eigenvalue weighted by Gasteiger charge is 2.15. The SMILES string of the molecule is O=c1[nH]c(O)c(Cc2nnc(Cc3nc4ccc(-c5ccc(F)nc5)cc4s3)o2)s1. The van der Waals surface area contributed by atoms with Crippen LogP contribution in [0.15, 0.2) is 45.7 Å². The Balaban J connectivity index is 1.35. The lowest BCUT2D eigenvalue weighted by atomic mass is 10.1. The standard InChI is InChI=1S/C19H12FN5O3S2/c20-14-4-2-10(8-21-14)9-1-3-11-12(5-9)29-17(22-11)7-16-25-24-15(28-16)6-13-18(26)23-19(27)30-13/h1-5,8,26H,6-7H2,(H,23,27). The Morgan fingerprint density at radius 1 is 1.07 bits per heavy atom. The largest absolute Gasteiger partial charge is 0.494 e. The first-order valence-electron chi connectivity index (χ1n) is 8.77. The average Bonchev–Trinajstić information content (AvgIpc) is 3.41. The molecule has 1 aromatic carbocycles. The number of halogens is 1. The number of hydrogen-bond acceptors (Lipinski definition) is 9. The minimum atomic E-state index is -0.514. The summed E-state index contributed by atoms with van der Waals surface area (Å²) >= 11 is 2.41. The number of aromatic hydroxyl groups is 1. The van der Waals surface area contributed by atoms with Gasteiger partial charge in [-0.1, -0.05) is 17.4 Å². The van der Waals surface area contributed by atoms with E-state index in [-0.39, 0.29) is 17.2 Å². The molecule has 0 atom stereocenters. The second kappa shape index (κ2) is 7.43. The minimum Gasteiger partial charge on any atom is -0.494 e. The Labute approximate surface area is 175 Å². The zero-order chi connectivity index (χ0) is 20.7. The maximum absolute atomic E-state index is 13.0. The van der Waals surface area contributed by atoms with Crippen LogP contribution < -0.4 is 4.87 Å². The van der Waals surface area contributed by atoms with Crippen LogP contribution in [0, 0.1) is 5.95 Å². The van der Waals surface area contributed by atoms with Gasteiger partial charge in [0.25, 0.3) is 0 Å². The number of benzene rings is 1. The van der Waals surface area contributed by atoms with E-state index in [2.05, 4.69) is 25.1 Å². The van der Waals surface area contributed by atoms with Gasteiger partial charge >= 0.3 is 4.87 Å². The zero-order valence-electron chi connectivity index (χ0n) is 15.1. The third-order valence-electron chi connectivity index (χ3n) is 4.32. The Hall–Kier alpha value is -3.44. The molecule has 0 fully saturated rings. The monoisotopic (exact) mass is 441 g/mol. The fourth-order valence-electron chi connectivity index (χ4n) is 2.94. The smallest absolute Gasteiger partial charge is 0.307 e. The molecule has 8 nitrogen and oxygen atoms in total. The maximum Gasteiger partial charge on any atom is 0.307 e. The highest BCUT2D eigenvalue weighted by atomic mass is 32.1. The second-order valence-electron chi connectivity index (χ2n) is 6.39. The van der Waals surface area contributed by atoms with E-state index >= 15 is 0 Å². The Morgan fingerprint density at radius 3 is 2.60 bits per heavy atom. The molecule has 0 amide bonds. The Kier molecular flexibility index (Phi) is 4.60. The molecule has 0 aliphatic heterocycles. The molecule has 0 saturated heterocycles. The first-order valence-corrected chi connectivity index (χ1v) is 10.4. The summed E-state index contributed by atoms with van der Waals surface area (Å²) in [6.45, 7) is 0. The van der Waals surface area contributed by atoms with E-state index < -0.39 is 5.95 Å². The molecule has 2 N–H and O–H groups in total. The van der Waals surface area contributed by atoms with Crippen LogP contribution in [-0.2, 0) is 12.8 Å². The number of nitrogens with one attached hydrogen (secondary N) is 1. The van der Waals surface area contributed by atoms with Gasteiger partial charge in [-0.05, 0) is 29.8 Å². The van der Waals surface area contributed by atoms with Crippen molar-refractivity contribution in [3.63, 3.8) is 0 Å². The number of hydrogen-bond donors (Lipinski definition) is 2. The van der Waals surface area contributed by atoms with Crippen molar-refractivity contribution in [3.05, 3.63) is 73.8 Å². The predicted molar refractivity (Wildman–Crippen MR) is 109 cm³/mol. The van der Waals surface area contributed by atoms with Gasteiger partial charge in [-0.25, -0.2) is 9.97 Å². The molecule has 5 rings (SSSR count). The van der Waals surface area contributed by atoms with Crippen LogP contribution in [0.25, 0.3) is 21.3 Å². The number of fused-ring (bicyclic) bond motifs is 1. The molecule has 0 unspecified atom stereocenters. The number of H-pyrrole nitrogens is 1. The van der Waals surface area contributed by atoms with Gasteiger partial charge in [0.1, 0.15) is 5.01 Å². The molecule has 11 heteroatoms. The average molecular weight is 441 g/mol. The van der Waals surface area contributed by atoms with Gasteiger partial charge in [0.15, 0.2) is 0 Å². The molecular weight excluding hydrogens is 429 g/mol. The molecule has 0 aliphatic rings. The van der Waals surface area contributed by atoms with Gasteiger partial charge in [0.05, 0.1) is 27.9 Å². The third kappa shape index (κ3) is 3.72. The molecule has 4 aromatic heterocycles. The maximum atomic E-state index is 13.0. The molecule has 0 bridgehead atoms. The van der Waals surface area contributed by atoms with Crippen molar-refractivity contribution in [2.75, 3.05) is 0 Å².